The molecule has 1 aromatic heterocycles. The summed E-state index contributed by atoms with van der Waals surface area (Å²) in [4.78, 5) is 38.7. The average molecular weight is 551 g/mol. The van der Waals surface area contributed by atoms with Crippen molar-refractivity contribution in [3.05, 3.63) is 95.2 Å². The molecule has 2 aromatic carbocycles. The van der Waals surface area contributed by atoms with Crippen molar-refractivity contribution in [2.75, 3.05) is 19.8 Å². The maximum Gasteiger partial charge on any atom is 0.302 e. The molecule has 0 saturated carbocycles. The highest BCUT2D eigenvalue weighted by molar-refractivity contribution is 6.19. The van der Waals surface area contributed by atoms with Crippen LogP contribution in [0.2, 0.25) is 0 Å². The molecular formula is C32H30N4O5. The number of imide groups is 1. The van der Waals surface area contributed by atoms with Crippen molar-refractivity contribution < 1.29 is 23.9 Å². The molecule has 0 saturated heterocycles. The quantitative estimate of drug-likeness (QED) is 0.115. The van der Waals surface area contributed by atoms with Crippen molar-refractivity contribution in [2.45, 2.75) is 27.2 Å². The molecule has 0 fully saturated rings. The fraction of sp³-hybridized carbons (Fsp3) is 0.219. The first-order valence-electron chi connectivity index (χ1n) is 13.1. The lowest BCUT2D eigenvalue weighted by molar-refractivity contribution is -0.141. The van der Waals surface area contributed by atoms with Crippen molar-refractivity contribution in [3.63, 3.8) is 0 Å². The van der Waals surface area contributed by atoms with Gasteiger partial charge in [0.25, 0.3) is 11.8 Å². The van der Waals surface area contributed by atoms with Crippen LogP contribution in [0, 0.1) is 18.3 Å². The van der Waals surface area contributed by atoms with E-state index >= 15 is 0 Å². The Morgan fingerprint density at radius 2 is 1.88 bits per heavy atom. The van der Waals surface area contributed by atoms with Crippen LogP contribution in [-0.2, 0) is 19.1 Å². The topological polar surface area (TPSA) is 115 Å². The molecule has 4 rings (SSSR count). The lowest BCUT2D eigenvalue weighted by Gasteiger charge is -2.27. The molecule has 9 nitrogen and oxygen atoms in total. The van der Waals surface area contributed by atoms with Crippen molar-refractivity contribution in [1.82, 2.24) is 14.7 Å². The number of benzene rings is 2. The third kappa shape index (κ3) is 6.34. The van der Waals surface area contributed by atoms with Crippen LogP contribution >= 0.6 is 0 Å². The van der Waals surface area contributed by atoms with Gasteiger partial charge in [0.2, 0.25) is 0 Å². The third-order valence-corrected chi connectivity index (χ3v) is 6.52. The number of nitriles is 1. The second kappa shape index (κ2) is 12.7. The number of esters is 1. The Kier molecular flexibility index (Phi) is 8.95. The summed E-state index contributed by atoms with van der Waals surface area (Å²) in [6.07, 6.45) is 5.40. The highest BCUT2D eigenvalue weighted by atomic mass is 16.5. The van der Waals surface area contributed by atoms with Crippen molar-refractivity contribution in [2.24, 2.45) is 0 Å². The highest BCUT2D eigenvalue weighted by Gasteiger charge is 2.35. The largest absolute Gasteiger partial charge is 0.489 e. The van der Waals surface area contributed by atoms with E-state index in [0.717, 1.165) is 27.5 Å². The van der Waals surface area contributed by atoms with Crippen LogP contribution in [0.3, 0.4) is 0 Å². The predicted molar refractivity (Wildman–Crippen MR) is 154 cm³/mol. The van der Waals surface area contributed by atoms with Crippen LogP contribution in [0.4, 0.5) is 0 Å². The molecule has 0 atom stereocenters. The van der Waals surface area contributed by atoms with E-state index in [9.17, 15) is 19.6 Å². The first-order valence-corrected chi connectivity index (χ1v) is 13.1. The minimum atomic E-state index is -0.666. The SMILES string of the molecule is C=CCOc1ccc(-c2nn(-c3ccccc3)cc2/C=C2/C(=O)N(CCCOC(C)=O)C(=O)C(C#N)=C2C)cc1C. The van der Waals surface area contributed by atoms with Gasteiger partial charge in [-0.15, -0.1) is 0 Å². The van der Waals surface area contributed by atoms with Gasteiger partial charge in [-0.2, -0.15) is 10.4 Å². The number of carbonyl (C=O) groups excluding carboxylic acids is 3. The van der Waals surface area contributed by atoms with Crippen molar-refractivity contribution >= 4 is 23.9 Å². The van der Waals surface area contributed by atoms with Crippen LogP contribution < -0.4 is 4.74 Å². The fourth-order valence-electron chi connectivity index (χ4n) is 4.46. The zero-order valence-electron chi connectivity index (χ0n) is 23.2. The second-order valence-electron chi connectivity index (χ2n) is 9.42. The smallest absolute Gasteiger partial charge is 0.302 e. The fourth-order valence-corrected chi connectivity index (χ4v) is 4.46. The number of para-hydroxylation sites is 1. The number of aryl methyl sites for hydroxylation is 1. The molecule has 2 amide bonds. The number of carbonyl (C=O) groups is 3. The normalized spacial score (nSPS) is 14.3. The Morgan fingerprint density at radius 3 is 2.54 bits per heavy atom. The van der Waals surface area contributed by atoms with E-state index in [4.69, 9.17) is 14.6 Å². The van der Waals surface area contributed by atoms with Crippen LogP contribution in [-0.4, -0.2) is 52.2 Å². The maximum atomic E-state index is 13.6. The summed E-state index contributed by atoms with van der Waals surface area (Å²) in [6.45, 7) is 8.94. The van der Waals surface area contributed by atoms with E-state index in [1.165, 1.54) is 6.92 Å². The molecule has 0 aliphatic carbocycles. The average Bonchev–Trinajstić information content (AvgIpc) is 3.39. The zero-order valence-corrected chi connectivity index (χ0v) is 23.2. The van der Waals surface area contributed by atoms with E-state index in [1.54, 1.807) is 23.8 Å². The Morgan fingerprint density at radius 1 is 1.12 bits per heavy atom. The third-order valence-electron chi connectivity index (χ3n) is 6.52. The van der Waals surface area contributed by atoms with E-state index in [1.807, 2.05) is 67.7 Å². The van der Waals surface area contributed by atoms with E-state index in [0.29, 0.717) is 23.4 Å². The number of amides is 2. The minimum absolute atomic E-state index is 0.00223. The summed E-state index contributed by atoms with van der Waals surface area (Å²) in [5.41, 5.74) is 4.15. The molecule has 3 aromatic rings. The van der Waals surface area contributed by atoms with Gasteiger partial charge < -0.3 is 9.47 Å². The molecule has 1 aliphatic rings. The molecule has 1 aliphatic heterocycles. The van der Waals surface area contributed by atoms with Crippen LogP contribution in [0.5, 0.6) is 5.75 Å². The standard InChI is InChI=1S/C32H30N4O5/c1-5-15-41-29-13-12-24(17-21(29)2)30-25(20-36(34-30)26-10-7-6-8-11-26)18-27-22(3)28(19-33)32(39)35(31(27)38)14-9-16-40-23(4)37/h5-8,10-13,17-18,20H,1,9,14-16H2,2-4H3/b27-18+. The summed E-state index contributed by atoms with van der Waals surface area (Å²) in [6, 6.07) is 17.2. The predicted octanol–water partition coefficient (Wildman–Crippen LogP) is 4.96. The Labute approximate surface area is 238 Å². The molecule has 208 valence electrons. The van der Waals surface area contributed by atoms with Gasteiger partial charge in [-0.1, -0.05) is 30.9 Å². The molecule has 0 radical (unpaired) electrons. The molecule has 0 unspecified atom stereocenters. The monoisotopic (exact) mass is 550 g/mol. The number of nitrogens with zero attached hydrogens (tertiary/aromatic N) is 4. The van der Waals surface area contributed by atoms with E-state index in [2.05, 4.69) is 6.58 Å². The van der Waals surface area contributed by atoms with Gasteiger partial charge in [0, 0.05) is 36.4 Å². The van der Waals surface area contributed by atoms with Gasteiger partial charge in [0.05, 0.1) is 18.0 Å². The van der Waals surface area contributed by atoms with Gasteiger partial charge in [-0.05, 0) is 67.8 Å². The maximum absolute atomic E-state index is 13.6. The Hall–Kier alpha value is -5.23. The van der Waals surface area contributed by atoms with Gasteiger partial charge in [0.1, 0.15) is 24.0 Å². The van der Waals surface area contributed by atoms with E-state index < -0.39 is 17.8 Å². The number of ether oxygens (including phenoxy) is 2. The summed E-state index contributed by atoms with van der Waals surface area (Å²) in [5.74, 6) is -0.925. The number of aromatic nitrogens is 2. The summed E-state index contributed by atoms with van der Waals surface area (Å²) >= 11 is 0. The number of hydrogen-bond donors (Lipinski definition) is 0. The van der Waals surface area contributed by atoms with Gasteiger partial charge in [-0.3, -0.25) is 19.3 Å². The van der Waals surface area contributed by atoms with Gasteiger partial charge in [0.15, 0.2) is 0 Å². The molecule has 9 heteroatoms. The first kappa shape index (κ1) is 28.8. The van der Waals surface area contributed by atoms with Crippen LogP contribution in [0.15, 0.2) is 84.1 Å². The second-order valence-corrected chi connectivity index (χ2v) is 9.42. The number of hydrogen-bond acceptors (Lipinski definition) is 7. The number of rotatable bonds is 10. The zero-order chi connectivity index (χ0) is 29.5. The van der Waals surface area contributed by atoms with Crippen molar-refractivity contribution in [3.8, 4) is 28.8 Å². The summed E-state index contributed by atoms with van der Waals surface area (Å²) in [7, 11) is 0. The molecule has 41 heavy (non-hydrogen) atoms. The van der Waals surface area contributed by atoms with Gasteiger partial charge in [-0.25, -0.2) is 4.68 Å². The lowest BCUT2D eigenvalue weighted by atomic mass is 9.93. The van der Waals surface area contributed by atoms with Crippen LogP contribution in [0.1, 0.15) is 31.4 Å². The Balaban J connectivity index is 1.81. The highest BCUT2D eigenvalue weighted by Crippen LogP contribution is 2.33. The first-order chi connectivity index (χ1) is 19.7. The molecule has 0 bridgehead atoms. The van der Waals surface area contributed by atoms with Crippen molar-refractivity contribution in [1.29, 1.82) is 5.26 Å². The molecule has 2 heterocycles. The molecule has 0 spiro atoms. The lowest BCUT2D eigenvalue weighted by Crippen LogP contribution is -2.43. The van der Waals surface area contributed by atoms with E-state index in [-0.39, 0.29) is 30.7 Å². The summed E-state index contributed by atoms with van der Waals surface area (Å²) < 4.78 is 12.4. The molecule has 0 N–H and O–H groups in total. The van der Waals surface area contributed by atoms with Crippen LogP contribution in [0.25, 0.3) is 23.0 Å². The molecular weight excluding hydrogens is 520 g/mol. The summed E-state index contributed by atoms with van der Waals surface area (Å²) in [5, 5.41) is 14.6. The minimum Gasteiger partial charge on any atom is -0.489 e. The van der Waals surface area contributed by atoms with Gasteiger partial charge >= 0.3 is 5.97 Å². The Bertz CT molecular complexity index is 1610.